The van der Waals surface area contributed by atoms with E-state index in [-0.39, 0.29) is 5.41 Å². The number of nitrogens with two attached hydrogens (primary N) is 1. The van der Waals surface area contributed by atoms with Crippen LogP contribution >= 0.6 is 11.3 Å². The van der Waals surface area contributed by atoms with E-state index in [0.717, 1.165) is 105 Å². The van der Waals surface area contributed by atoms with Crippen molar-refractivity contribution in [2.24, 2.45) is 0 Å². The van der Waals surface area contributed by atoms with Gasteiger partial charge in [0.1, 0.15) is 16.8 Å². The second-order valence-electron chi connectivity index (χ2n) is 10.8. The zero-order valence-corrected chi connectivity index (χ0v) is 22.6. The van der Waals surface area contributed by atoms with E-state index in [1.54, 1.807) is 11.3 Å². The van der Waals surface area contributed by atoms with E-state index < -0.39 is 0 Å². The lowest BCUT2D eigenvalue weighted by atomic mass is 9.62. The van der Waals surface area contributed by atoms with Crippen LogP contribution < -0.4 is 10.6 Å². The molecule has 0 aromatic carbocycles. The third-order valence-electron chi connectivity index (χ3n) is 8.48. The van der Waals surface area contributed by atoms with Gasteiger partial charge in [0.15, 0.2) is 5.76 Å². The number of aryl methyl sites for hydroxylation is 1. The van der Waals surface area contributed by atoms with Crippen LogP contribution in [0.4, 0.5) is 10.9 Å². The highest BCUT2D eigenvalue weighted by atomic mass is 32.1. The average Bonchev–Trinajstić information content (AvgIpc) is 3.43. The molecule has 37 heavy (non-hydrogen) atoms. The van der Waals surface area contributed by atoms with Gasteiger partial charge in [0.25, 0.3) is 0 Å². The Kier molecular flexibility index (Phi) is 6.41. The van der Waals surface area contributed by atoms with Gasteiger partial charge < -0.3 is 20.1 Å². The molecule has 9 heteroatoms. The molecule has 3 aromatic heterocycles. The molecule has 2 aliphatic carbocycles. The molecule has 0 bridgehead atoms. The summed E-state index contributed by atoms with van der Waals surface area (Å²) in [6.07, 6.45) is 10.0. The Morgan fingerprint density at radius 3 is 2.89 bits per heavy atom. The largest absolute Gasteiger partial charge is 0.389 e. The summed E-state index contributed by atoms with van der Waals surface area (Å²) in [4.78, 5) is 15.8. The molecule has 194 valence electrons. The molecule has 1 aliphatic heterocycles. The Balaban J connectivity index is 1.37. The van der Waals surface area contributed by atoms with Crippen LogP contribution in [0.3, 0.4) is 0 Å². The first-order chi connectivity index (χ1) is 18.1. The van der Waals surface area contributed by atoms with Gasteiger partial charge in [-0.1, -0.05) is 12.1 Å². The number of nitrogen functional groups attached to an aromatic ring is 1. The minimum Gasteiger partial charge on any atom is -0.389 e. The maximum Gasteiger partial charge on any atom is 0.226 e. The van der Waals surface area contributed by atoms with Gasteiger partial charge >= 0.3 is 0 Å². The molecule has 1 fully saturated rings. The maximum atomic E-state index is 9.96. The minimum atomic E-state index is -0.292. The number of rotatable bonds is 4. The highest BCUT2D eigenvalue weighted by Gasteiger charge is 2.48. The molecule has 0 radical (unpaired) electrons. The van der Waals surface area contributed by atoms with Crippen molar-refractivity contribution in [1.82, 2.24) is 20.0 Å². The topological polar surface area (TPSA) is 108 Å². The van der Waals surface area contributed by atoms with Crippen molar-refractivity contribution in [2.75, 3.05) is 36.8 Å². The zero-order chi connectivity index (χ0) is 25.6. The van der Waals surface area contributed by atoms with Crippen molar-refractivity contribution in [3.05, 3.63) is 39.5 Å². The number of hydrogen-bond donors (Lipinski definition) is 1. The first-order valence-electron chi connectivity index (χ1n) is 13.7. The van der Waals surface area contributed by atoms with Crippen molar-refractivity contribution in [3.63, 3.8) is 0 Å². The quantitative estimate of drug-likeness (QED) is 0.520. The Morgan fingerprint density at radius 1 is 1.24 bits per heavy atom. The van der Waals surface area contributed by atoms with Crippen molar-refractivity contribution in [3.8, 4) is 17.5 Å². The fourth-order valence-corrected chi connectivity index (χ4v) is 8.10. The Bertz CT molecular complexity index is 1340. The predicted octanol–water partition coefficient (Wildman–Crippen LogP) is 4.92. The second kappa shape index (κ2) is 9.73. The van der Waals surface area contributed by atoms with E-state index in [4.69, 9.17) is 20.4 Å². The van der Waals surface area contributed by atoms with Gasteiger partial charge in [-0.2, -0.15) is 5.26 Å². The van der Waals surface area contributed by atoms with Gasteiger partial charge in [-0.25, -0.2) is 9.97 Å². The standard InChI is InChI=1S/C28H35N7OS/c1-3-13-34-14-6-15-35(18(2)17-34)27-31-12-9-21(32-27)24-19-7-4-10-28(25(19)33-36-24)11-5-8-22-23(28)20(16-29)26(30)37-22/h9,12,18H,3-8,10-11,13-15,17,30H2,1-2H3/t18-,28-/m0/s1. The van der Waals surface area contributed by atoms with E-state index >= 15 is 0 Å². The van der Waals surface area contributed by atoms with Crippen LogP contribution in [0.25, 0.3) is 11.5 Å². The monoisotopic (exact) mass is 517 g/mol. The second-order valence-corrected chi connectivity index (χ2v) is 12.0. The van der Waals surface area contributed by atoms with E-state index in [9.17, 15) is 5.26 Å². The normalized spacial score (nSPS) is 23.9. The fraction of sp³-hybridized carbons (Fsp3) is 0.571. The van der Waals surface area contributed by atoms with Crippen molar-refractivity contribution >= 4 is 22.3 Å². The van der Waals surface area contributed by atoms with Crippen LogP contribution in [0.15, 0.2) is 16.8 Å². The molecule has 1 saturated heterocycles. The lowest BCUT2D eigenvalue weighted by Gasteiger charge is -2.39. The number of nitriles is 1. The van der Waals surface area contributed by atoms with Gasteiger partial charge in [0.2, 0.25) is 5.95 Å². The minimum absolute atomic E-state index is 0.292. The molecule has 1 spiro atoms. The third kappa shape index (κ3) is 4.02. The number of nitrogens with zero attached hydrogens (tertiary/aromatic N) is 6. The van der Waals surface area contributed by atoms with Crippen LogP contribution in [0.2, 0.25) is 0 Å². The van der Waals surface area contributed by atoms with Gasteiger partial charge in [-0.3, -0.25) is 0 Å². The van der Waals surface area contributed by atoms with Crippen LogP contribution in [0, 0.1) is 11.3 Å². The molecule has 0 saturated carbocycles. The van der Waals surface area contributed by atoms with E-state index in [1.807, 2.05) is 12.3 Å². The number of thiophene rings is 1. The van der Waals surface area contributed by atoms with Crippen LogP contribution in [-0.4, -0.2) is 52.2 Å². The summed E-state index contributed by atoms with van der Waals surface area (Å²) in [7, 11) is 0. The molecular weight excluding hydrogens is 482 g/mol. The summed E-state index contributed by atoms with van der Waals surface area (Å²) in [5, 5.41) is 15.3. The molecule has 6 rings (SSSR count). The maximum absolute atomic E-state index is 9.96. The Morgan fingerprint density at radius 2 is 2.08 bits per heavy atom. The first kappa shape index (κ1) is 24.4. The smallest absolute Gasteiger partial charge is 0.226 e. The number of aromatic nitrogens is 3. The van der Waals surface area contributed by atoms with Gasteiger partial charge in [0, 0.05) is 41.2 Å². The molecule has 8 nitrogen and oxygen atoms in total. The summed E-state index contributed by atoms with van der Waals surface area (Å²) < 4.78 is 6.09. The molecular formula is C28H35N7OS. The summed E-state index contributed by atoms with van der Waals surface area (Å²) >= 11 is 1.58. The van der Waals surface area contributed by atoms with Crippen molar-refractivity contribution < 1.29 is 4.52 Å². The van der Waals surface area contributed by atoms with Crippen LogP contribution in [0.5, 0.6) is 0 Å². The number of anilines is 2. The summed E-state index contributed by atoms with van der Waals surface area (Å²) in [5.74, 6) is 1.51. The van der Waals surface area contributed by atoms with E-state index in [1.165, 1.54) is 11.3 Å². The number of fused-ring (bicyclic) bond motifs is 4. The lowest BCUT2D eigenvalue weighted by Crippen LogP contribution is -2.40. The predicted molar refractivity (Wildman–Crippen MR) is 146 cm³/mol. The molecule has 3 aliphatic rings. The van der Waals surface area contributed by atoms with Gasteiger partial charge in [0.05, 0.1) is 11.3 Å². The molecule has 2 atom stereocenters. The first-order valence-corrected chi connectivity index (χ1v) is 14.5. The highest BCUT2D eigenvalue weighted by Crippen LogP contribution is 2.54. The molecule has 0 unspecified atom stereocenters. The van der Waals surface area contributed by atoms with Crippen LogP contribution in [-0.2, 0) is 18.3 Å². The van der Waals surface area contributed by atoms with E-state index in [2.05, 4.69) is 34.7 Å². The zero-order valence-electron chi connectivity index (χ0n) is 21.8. The SMILES string of the molecule is CCCN1CCCN(c2nccc(-c3onc4c3CCC[C@@]43CCCc4sc(N)c(C#N)c43)n2)[C@@H](C)C1. The lowest BCUT2D eigenvalue weighted by molar-refractivity contribution is 0.277. The van der Waals surface area contributed by atoms with Crippen LogP contribution in [0.1, 0.15) is 79.6 Å². The summed E-state index contributed by atoms with van der Waals surface area (Å²) in [5.41, 5.74) is 10.7. The third-order valence-corrected chi connectivity index (χ3v) is 9.56. The summed E-state index contributed by atoms with van der Waals surface area (Å²) in [6, 6.07) is 4.68. The average molecular weight is 518 g/mol. The van der Waals surface area contributed by atoms with E-state index in [0.29, 0.717) is 16.6 Å². The Labute approximate surface area is 222 Å². The van der Waals surface area contributed by atoms with Gasteiger partial charge in [-0.05, 0) is 83.0 Å². The fourth-order valence-electron chi connectivity index (χ4n) is 6.94. The molecule has 3 aromatic rings. The molecule has 0 amide bonds. The Hall–Kier alpha value is -2.96. The van der Waals surface area contributed by atoms with Crippen molar-refractivity contribution in [1.29, 1.82) is 5.26 Å². The van der Waals surface area contributed by atoms with Crippen molar-refractivity contribution in [2.45, 2.75) is 76.7 Å². The van der Waals surface area contributed by atoms with Gasteiger partial charge in [-0.15, -0.1) is 11.3 Å². The number of hydrogen-bond acceptors (Lipinski definition) is 9. The summed E-state index contributed by atoms with van der Waals surface area (Å²) in [6.45, 7) is 8.73. The molecule has 4 heterocycles. The molecule has 2 N–H and O–H groups in total. The highest BCUT2D eigenvalue weighted by molar-refractivity contribution is 7.16.